The molecule has 188 valence electrons. The van der Waals surface area contributed by atoms with Gasteiger partial charge < -0.3 is 9.72 Å². The number of nitrogens with one attached hydrogen (secondary N) is 1. The van der Waals surface area contributed by atoms with Crippen LogP contribution in [0.3, 0.4) is 0 Å². The highest BCUT2D eigenvalue weighted by Crippen LogP contribution is 2.35. The number of benzene rings is 2. The molecule has 36 heavy (non-hydrogen) atoms. The van der Waals surface area contributed by atoms with Gasteiger partial charge in [0.15, 0.2) is 0 Å². The van der Waals surface area contributed by atoms with Crippen molar-refractivity contribution in [3.63, 3.8) is 0 Å². The summed E-state index contributed by atoms with van der Waals surface area (Å²) in [6.45, 7) is -0.691. The average Bonchev–Trinajstić information content (AvgIpc) is 2.83. The van der Waals surface area contributed by atoms with Crippen molar-refractivity contribution in [1.29, 1.82) is 0 Å². The summed E-state index contributed by atoms with van der Waals surface area (Å²) >= 11 is 6.05. The number of rotatable bonds is 7. The molecule has 12 heteroatoms. The zero-order chi connectivity index (χ0) is 26.1. The molecule has 1 N–H and O–H groups in total. The number of aromatic nitrogens is 2. The van der Waals surface area contributed by atoms with Crippen LogP contribution in [-0.2, 0) is 29.3 Å². The molecule has 0 aliphatic carbocycles. The first-order chi connectivity index (χ1) is 17.0. The number of hydrogen-bond acceptors (Lipinski definition) is 5. The van der Waals surface area contributed by atoms with Gasteiger partial charge in [-0.25, -0.2) is 8.42 Å². The minimum atomic E-state index is -4.78. The lowest BCUT2D eigenvalue weighted by Gasteiger charge is -2.23. The first-order valence-electron chi connectivity index (χ1n) is 10.4. The summed E-state index contributed by atoms with van der Waals surface area (Å²) < 4.78 is 73.3. The number of H-pyrrole nitrogens is 1. The molecule has 0 saturated heterocycles. The van der Waals surface area contributed by atoms with E-state index in [1.165, 1.54) is 25.6 Å². The van der Waals surface area contributed by atoms with Gasteiger partial charge in [-0.15, -0.1) is 0 Å². The lowest BCUT2D eigenvalue weighted by molar-refractivity contribution is -0.137. The smallest absolute Gasteiger partial charge is 0.416 e. The zero-order valence-corrected chi connectivity index (χ0v) is 20.3. The van der Waals surface area contributed by atoms with E-state index in [-0.39, 0.29) is 17.1 Å². The van der Waals surface area contributed by atoms with Crippen LogP contribution in [0.1, 0.15) is 16.7 Å². The van der Waals surface area contributed by atoms with Gasteiger partial charge in [0.2, 0.25) is 10.0 Å². The predicted molar refractivity (Wildman–Crippen MR) is 128 cm³/mol. The van der Waals surface area contributed by atoms with Crippen molar-refractivity contribution in [2.45, 2.75) is 24.2 Å². The molecule has 0 unspecified atom stereocenters. The van der Waals surface area contributed by atoms with Gasteiger partial charge in [-0.1, -0.05) is 17.7 Å². The maximum Gasteiger partial charge on any atom is 0.416 e. The van der Waals surface area contributed by atoms with Crippen LogP contribution in [0.2, 0.25) is 5.02 Å². The molecule has 0 atom stereocenters. The first kappa shape index (κ1) is 25.7. The maximum absolute atomic E-state index is 13.6. The van der Waals surface area contributed by atoms with Gasteiger partial charge in [0, 0.05) is 37.1 Å². The van der Waals surface area contributed by atoms with Gasteiger partial charge in [-0.3, -0.25) is 9.78 Å². The number of sulfonamides is 1. The summed E-state index contributed by atoms with van der Waals surface area (Å²) in [5, 5.41) is 0.236. The summed E-state index contributed by atoms with van der Waals surface area (Å²) in [6, 6.07) is 11.8. The van der Waals surface area contributed by atoms with Crippen molar-refractivity contribution in [3.05, 3.63) is 99.1 Å². The van der Waals surface area contributed by atoms with Crippen molar-refractivity contribution < 1.29 is 26.3 Å². The Hall–Kier alpha value is -3.41. The molecular weight excluding hydrogens is 519 g/mol. The minimum Gasteiger partial charge on any atom is -0.497 e. The Morgan fingerprint density at radius 2 is 1.86 bits per heavy atom. The molecule has 2 heterocycles. The molecule has 7 nitrogen and oxygen atoms in total. The highest BCUT2D eigenvalue weighted by molar-refractivity contribution is 7.89. The lowest BCUT2D eigenvalue weighted by atomic mass is 10.1. The van der Waals surface area contributed by atoms with E-state index in [0.29, 0.717) is 34.3 Å². The van der Waals surface area contributed by atoms with Gasteiger partial charge in [0.1, 0.15) is 10.6 Å². The first-order valence-corrected chi connectivity index (χ1v) is 12.3. The van der Waals surface area contributed by atoms with E-state index < -0.39 is 38.8 Å². The van der Waals surface area contributed by atoms with Gasteiger partial charge in [0.25, 0.3) is 5.56 Å². The number of aromatic amines is 1. The monoisotopic (exact) mass is 537 g/mol. The largest absolute Gasteiger partial charge is 0.497 e. The molecular formula is C24H19ClF3N3O4S. The van der Waals surface area contributed by atoms with Crippen LogP contribution < -0.4 is 10.3 Å². The van der Waals surface area contributed by atoms with Gasteiger partial charge in [-0.2, -0.15) is 17.5 Å². The summed E-state index contributed by atoms with van der Waals surface area (Å²) in [6.07, 6.45) is -1.86. The fraction of sp³-hybridized carbons (Fsp3) is 0.167. The summed E-state index contributed by atoms with van der Waals surface area (Å²) in [4.78, 5) is 18.8. The van der Waals surface area contributed by atoms with Crippen molar-refractivity contribution >= 4 is 32.5 Å². The van der Waals surface area contributed by atoms with Crippen LogP contribution in [0.25, 0.3) is 10.9 Å². The Labute approximate surface area is 209 Å². The van der Waals surface area contributed by atoms with Gasteiger partial charge >= 0.3 is 6.18 Å². The highest BCUT2D eigenvalue weighted by atomic mass is 35.5. The molecule has 0 bridgehead atoms. The topological polar surface area (TPSA) is 92.4 Å². The lowest BCUT2D eigenvalue weighted by Crippen LogP contribution is -2.33. The SMILES string of the molecule is COc1ccc2cc(CN(Cc3cccnc3)S(=O)(=O)c3cc(C(F)(F)F)ccc3Cl)c(=O)[nH]c2c1. The van der Waals surface area contributed by atoms with Crippen LogP contribution in [-0.4, -0.2) is 29.8 Å². The summed E-state index contributed by atoms with van der Waals surface area (Å²) in [5.74, 6) is 0.519. The van der Waals surface area contributed by atoms with Gasteiger partial charge in [-0.05, 0) is 53.4 Å². The molecule has 4 aromatic rings. The second-order valence-electron chi connectivity index (χ2n) is 7.85. The Morgan fingerprint density at radius 1 is 1.08 bits per heavy atom. The van der Waals surface area contributed by atoms with Crippen molar-refractivity contribution in [2.24, 2.45) is 0 Å². The second-order valence-corrected chi connectivity index (χ2v) is 10.2. The van der Waals surface area contributed by atoms with E-state index in [9.17, 15) is 26.4 Å². The summed E-state index contributed by atoms with van der Waals surface area (Å²) in [7, 11) is -3.11. The Morgan fingerprint density at radius 3 is 2.53 bits per heavy atom. The number of halogens is 4. The number of methoxy groups -OCH3 is 1. The number of fused-ring (bicyclic) bond motifs is 1. The molecule has 0 saturated carbocycles. The number of pyridine rings is 2. The molecule has 0 aliphatic heterocycles. The third-order valence-corrected chi connectivity index (χ3v) is 7.71. The fourth-order valence-corrected chi connectivity index (χ4v) is 5.50. The maximum atomic E-state index is 13.6. The van der Waals surface area contributed by atoms with E-state index in [1.54, 1.807) is 30.3 Å². The van der Waals surface area contributed by atoms with Crippen molar-refractivity contribution in [2.75, 3.05) is 7.11 Å². The van der Waals surface area contributed by atoms with E-state index in [1.807, 2.05) is 0 Å². The molecule has 0 spiro atoms. The Balaban J connectivity index is 1.81. The van der Waals surface area contributed by atoms with E-state index in [2.05, 4.69) is 9.97 Å². The van der Waals surface area contributed by atoms with Crippen LogP contribution in [0.5, 0.6) is 5.75 Å². The molecule has 2 aromatic carbocycles. The molecule has 4 rings (SSSR count). The van der Waals surface area contributed by atoms with Gasteiger partial charge in [0.05, 0.1) is 23.2 Å². The molecule has 0 radical (unpaired) electrons. The third-order valence-electron chi connectivity index (χ3n) is 5.43. The molecule has 0 fully saturated rings. The molecule has 0 aliphatic rings. The van der Waals surface area contributed by atoms with E-state index in [4.69, 9.17) is 16.3 Å². The van der Waals surface area contributed by atoms with Crippen LogP contribution in [0.4, 0.5) is 13.2 Å². The van der Waals surface area contributed by atoms with Crippen LogP contribution in [0.15, 0.2) is 76.7 Å². The fourth-order valence-electron chi connectivity index (χ4n) is 3.60. The standard InChI is InChI=1S/C24H19ClF3N3O4S/c1-35-19-6-4-16-9-17(23(32)30-21(16)11-19)14-31(13-15-3-2-8-29-12-15)36(33,34)22-10-18(24(26,27)28)5-7-20(22)25/h2-12H,13-14H2,1H3,(H,30,32). The third kappa shape index (κ3) is 5.38. The zero-order valence-electron chi connectivity index (χ0n) is 18.7. The number of nitrogens with zero attached hydrogens (tertiary/aromatic N) is 2. The second kappa shape index (κ2) is 9.92. The summed E-state index contributed by atoms with van der Waals surface area (Å²) in [5.41, 5.74) is -0.693. The molecule has 0 amide bonds. The van der Waals surface area contributed by atoms with E-state index in [0.717, 1.165) is 10.4 Å². The minimum absolute atomic E-state index is 0.0863. The van der Waals surface area contributed by atoms with Crippen LogP contribution >= 0.6 is 11.6 Å². The number of alkyl halides is 3. The van der Waals surface area contributed by atoms with Crippen molar-refractivity contribution in [3.8, 4) is 5.75 Å². The Bertz CT molecular complexity index is 1580. The number of hydrogen-bond donors (Lipinski definition) is 1. The van der Waals surface area contributed by atoms with E-state index >= 15 is 0 Å². The quantitative estimate of drug-likeness (QED) is 0.358. The normalized spacial score (nSPS) is 12.3. The Kier molecular flexibility index (Phi) is 7.07. The predicted octanol–water partition coefficient (Wildman–Crippen LogP) is 5.00. The number of ether oxygens (including phenoxy) is 1. The van der Waals surface area contributed by atoms with Crippen molar-refractivity contribution in [1.82, 2.24) is 14.3 Å². The average molecular weight is 538 g/mol. The molecule has 2 aromatic heterocycles. The highest BCUT2D eigenvalue weighted by Gasteiger charge is 2.35. The van der Waals surface area contributed by atoms with Crippen LogP contribution in [0, 0.1) is 0 Å².